The number of rotatable bonds is 3. The fraction of sp³-hybridized carbons (Fsp3) is 0.308. The molecule has 1 atom stereocenters. The summed E-state index contributed by atoms with van der Waals surface area (Å²) >= 11 is 3.42. The van der Waals surface area contributed by atoms with Gasteiger partial charge in [0.25, 0.3) is 0 Å². The molecule has 3 nitrogen and oxygen atoms in total. The van der Waals surface area contributed by atoms with E-state index in [1.165, 1.54) is 0 Å². The van der Waals surface area contributed by atoms with E-state index in [0.717, 1.165) is 27.7 Å². The number of halogens is 1. The number of benzene rings is 1. The van der Waals surface area contributed by atoms with Crippen molar-refractivity contribution in [1.82, 2.24) is 9.78 Å². The van der Waals surface area contributed by atoms with E-state index in [2.05, 4.69) is 21.0 Å². The first-order valence-electron chi connectivity index (χ1n) is 5.58. The maximum Gasteiger partial charge on any atom is 0.107 e. The highest BCUT2D eigenvalue weighted by atomic mass is 79.9. The average molecular weight is 295 g/mol. The maximum atomic E-state index is 10.3. The van der Waals surface area contributed by atoms with Crippen molar-refractivity contribution in [1.29, 1.82) is 0 Å². The van der Waals surface area contributed by atoms with Crippen molar-refractivity contribution >= 4 is 15.9 Å². The van der Waals surface area contributed by atoms with Gasteiger partial charge in [-0.15, -0.1) is 0 Å². The molecule has 1 N–H and O–H groups in total. The van der Waals surface area contributed by atoms with Gasteiger partial charge in [-0.25, -0.2) is 0 Å². The molecule has 0 aliphatic heterocycles. The number of hydrogen-bond donors (Lipinski definition) is 1. The summed E-state index contributed by atoms with van der Waals surface area (Å²) in [6.45, 7) is 4.83. The minimum Gasteiger partial charge on any atom is -0.384 e. The van der Waals surface area contributed by atoms with Crippen molar-refractivity contribution in [3.63, 3.8) is 0 Å². The number of aromatic nitrogens is 2. The van der Waals surface area contributed by atoms with Crippen molar-refractivity contribution in [2.75, 3.05) is 0 Å². The van der Waals surface area contributed by atoms with Gasteiger partial charge in [0.1, 0.15) is 6.10 Å². The van der Waals surface area contributed by atoms with Crippen LogP contribution in [0, 0.1) is 6.92 Å². The first-order chi connectivity index (χ1) is 8.11. The molecule has 90 valence electrons. The van der Waals surface area contributed by atoms with Crippen LogP contribution in [0.2, 0.25) is 0 Å². The van der Waals surface area contributed by atoms with Gasteiger partial charge in [0.15, 0.2) is 0 Å². The zero-order chi connectivity index (χ0) is 12.4. The van der Waals surface area contributed by atoms with Gasteiger partial charge in [-0.1, -0.05) is 22.0 Å². The van der Waals surface area contributed by atoms with Gasteiger partial charge in [0.05, 0.1) is 6.20 Å². The fourth-order valence-corrected chi connectivity index (χ4v) is 2.29. The Labute approximate surface area is 109 Å². The average Bonchev–Trinajstić information content (AvgIpc) is 2.76. The highest BCUT2D eigenvalue weighted by Crippen LogP contribution is 2.26. The Kier molecular flexibility index (Phi) is 3.64. The molecule has 2 rings (SSSR count). The molecule has 2 aromatic rings. The number of aryl methyl sites for hydroxylation is 2. The van der Waals surface area contributed by atoms with E-state index in [1.807, 2.05) is 42.9 Å². The molecule has 0 radical (unpaired) electrons. The second kappa shape index (κ2) is 5.02. The molecule has 0 amide bonds. The van der Waals surface area contributed by atoms with Crippen molar-refractivity contribution in [3.05, 3.63) is 51.8 Å². The predicted octanol–water partition coefficient (Wildman–Crippen LogP) is 3.06. The zero-order valence-electron chi connectivity index (χ0n) is 9.89. The molecule has 17 heavy (non-hydrogen) atoms. The Morgan fingerprint density at radius 2 is 2.24 bits per heavy atom. The summed E-state index contributed by atoms with van der Waals surface area (Å²) in [5.74, 6) is 0. The molecule has 0 aliphatic carbocycles. The lowest BCUT2D eigenvalue weighted by Gasteiger charge is -2.12. The Morgan fingerprint density at radius 3 is 2.82 bits per heavy atom. The zero-order valence-corrected chi connectivity index (χ0v) is 11.5. The van der Waals surface area contributed by atoms with Crippen molar-refractivity contribution < 1.29 is 5.11 Å². The molecule has 0 saturated carbocycles. The summed E-state index contributed by atoms with van der Waals surface area (Å²) in [4.78, 5) is 0. The highest BCUT2D eigenvalue weighted by molar-refractivity contribution is 9.10. The third kappa shape index (κ3) is 2.58. The Bertz CT molecular complexity index is 522. The lowest BCUT2D eigenvalue weighted by Crippen LogP contribution is -2.01. The molecule has 1 aromatic heterocycles. The molecule has 4 heteroatoms. The SMILES string of the molecule is CCn1cc(C(O)c2ccc(Br)cc2C)cn1. The number of nitrogens with zero attached hydrogens (tertiary/aromatic N) is 2. The fourth-order valence-electron chi connectivity index (χ4n) is 1.82. The topological polar surface area (TPSA) is 38.0 Å². The summed E-state index contributed by atoms with van der Waals surface area (Å²) < 4.78 is 2.84. The van der Waals surface area contributed by atoms with E-state index in [4.69, 9.17) is 0 Å². The second-order valence-corrected chi connectivity index (χ2v) is 4.95. The molecule has 0 bridgehead atoms. The molecule has 1 aromatic carbocycles. The van der Waals surface area contributed by atoms with E-state index in [0.29, 0.717) is 0 Å². The Balaban J connectivity index is 2.33. The van der Waals surface area contributed by atoms with Crippen molar-refractivity contribution in [3.8, 4) is 0 Å². The van der Waals surface area contributed by atoms with Crippen molar-refractivity contribution in [2.24, 2.45) is 0 Å². The first kappa shape index (κ1) is 12.3. The monoisotopic (exact) mass is 294 g/mol. The normalized spacial score (nSPS) is 12.7. The van der Waals surface area contributed by atoms with Gasteiger partial charge in [0.2, 0.25) is 0 Å². The van der Waals surface area contributed by atoms with Crippen molar-refractivity contribution in [2.45, 2.75) is 26.5 Å². The van der Waals surface area contributed by atoms with Gasteiger partial charge in [0, 0.05) is 22.8 Å². The number of hydrogen-bond acceptors (Lipinski definition) is 2. The van der Waals surface area contributed by atoms with Crippen LogP contribution in [0.3, 0.4) is 0 Å². The van der Waals surface area contributed by atoms with Gasteiger partial charge < -0.3 is 5.11 Å². The van der Waals surface area contributed by atoms with Crippen LogP contribution in [0.15, 0.2) is 35.1 Å². The quantitative estimate of drug-likeness (QED) is 0.945. The second-order valence-electron chi connectivity index (χ2n) is 4.03. The first-order valence-corrected chi connectivity index (χ1v) is 6.37. The molecule has 1 unspecified atom stereocenters. The van der Waals surface area contributed by atoms with Gasteiger partial charge in [-0.2, -0.15) is 5.10 Å². The largest absolute Gasteiger partial charge is 0.384 e. The standard InChI is InChI=1S/C13H15BrN2O/c1-3-16-8-10(7-15-16)13(17)12-5-4-11(14)6-9(12)2/h4-8,13,17H,3H2,1-2H3. The smallest absolute Gasteiger partial charge is 0.107 e. The number of aliphatic hydroxyl groups excluding tert-OH is 1. The molecular weight excluding hydrogens is 280 g/mol. The van der Waals surface area contributed by atoms with E-state index in [9.17, 15) is 5.11 Å². The van der Waals surface area contributed by atoms with Crippen LogP contribution in [0.4, 0.5) is 0 Å². The predicted molar refractivity (Wildman–Crippen MR) is 70.8 cm³/mol. The van der Waals surface area contributed by atoms with Crippen LogP contribution in [0.5, 0.6) is 0 Å². The summed E-state index contributed by atoms with van der Waals surface area (Å²) in [6, 6.07) is 5.88. The van der Waals surface area contributed by atoms with E-state index in [-0.39, 0.29) is 0 Å². The van der Waals surface area contributed by atoms with Crippen LogP contribution < -0.4 is 0 Å². The lowest BCUT2D eigenvalue weighted by atomic mass is 10.00. The van der Waals surface area contributed by atoms with E-state index in [1.54, 1.807) is 6.20 Å². The van der Waals surface area contributed by atoms with Crippen LogP contribution in [-0.4, -0.2) is 14.9 Å². The minimum absolute atomic E-state index is 0.608. The molecule has 0 aliphatic rings. The highest BCUT2D eigenvalue weighted by Gasteiger charge is 2.14. The summed E-state index contributed by atoms with van der Waals surface area (Å²) in [7, 11) is 0. The Morgan fingerprint density at radius 1 is 1.47 bits per heavy atom. The lowest BCUT2D eigenvalue weighted by molar-refractivity contribution is 0.219. The van der Waals surface area contributed by atoms with Crippen LogP contribution in [0.25, 0.3) is 0 Å². The van der Waals surface area contributed by atoms with Gasteiger partial charge >= 0.3 is 0 Å². The third-order valence-corrected chi connectivity index (χ3v) is 3.31. The third-order valence-electron chi connectivity index (χ3n) is 2.82. The summed E-state index contributed by atoms with van der Waals surface area (Å²) in [6.07, 6.45) is 2.99. The molecule has 0 saturated heterocycles. The maximum absolute atomic E-state index is 10.3. The molecule has 0 spiro atoms. The van der Waals surface area contributed by atoms with Crippen LogP contribution in [0.1, 0.15) is 29.7 Å². The number of aliphatic hydroxyl groups is 1. The molecular formula is C13H15BrN2O. The Hall–Kier alpha value is -1.13. The van der Waals surface area contributed by atoms with E-state index < -0.39 is 6.10 Å². The van der Waals surface area contributed by atoms with Crippen LogP contribution in [-0.2, 0) is 6.54 Å². The summed E-state index contributed by atoms with van der Waals surface area (Å²) in [5, 5.41) is 14.5. The van der Waals surface area contributed by atoms with Gasteiger partial charge in [-0.05, 0) is 37.1 Å². The van der Waals surface area contributed by atoms with E-state index >= 15 is 0 Å². The summed E-state index contributed by atoms with van der Waals surface area (Å²) in [5.41, 5.74) is 2.82. The molecule has 1 heterocycles. The van der Waals surface area contributed by atoms with Crippen LogP contribution >= 0.6 is 15.9 Å². The minimum atomic E-state index is -0.608. The van der Waals surface area contributed by atoms with Gasteiger partial charge in [-0.3, -0.25) is 4.68 Å². The molecule has 0 fully saturated rings.